The number of hydrogen-bond donors (Lipinski definition) is 2. The van der Waals surface area contributed by atoms with Crippen molar-refractivity contribution in [3.05, 3.63) is 168 Å². The Kier molecular flexibility index (Phi) is 8.43. The number of benzene rings is 5. The van der Waals surface area contributed by atoms with E-state index in [4.69, 9.17) is 33.4 Å². The molecule has 9 nitrogen and oxygen atoms in total. The van der Waals surface area contributed by atoms with E-state index in [1.807, 2.05) is 6.07 Å². The molecule has 0 amide bonds. The van der Waals surface area contributed by atoms with Crippen LogP contribution < -0.4 is 61.6 Å². The molecule has 12 heteroatoms. The van der Waals surface area contributed by atoms with Crippen molar-refractivity contribution in [1.29, 1.82) is 0 Å². The maximum atomic E-state index is 7.32. The third-order valence-corrected chi connectivity index (χ3v) is 17.2. The van der Waals surface area contributed by atoms with Gasteiger partial charge in [0, 0.05) is 33.7 Å². The Hall–Kier alpha value is -6.78. The largest absolute Gasteiger partial charge is 0.495 e. The number of nitrogens with one attached hydrogen (secondary N) is 2. The van der Waals surface area contributed by atoms with Gasteiger partial charge in [-0.3, -0.25) is 5.32 Å². The molecule has 7 aliphatic heterocycles. The third kappa shape index (κ3) is 5.69. The van der Waals surface area contributed by atoms with Crippen molar-refractivity contribution in [2.24, 2.45) is 10.9 Å². The van der Waals surface area contributed by atoms with E-state index in [2.05, 4.69) is 144 Å². The van der Waals surface area contributed by atoms with Gasteiger partial charge >= 0.3 is 0 Å². The summed E-state index contributed by atoms with van der Waals surface area (Å²) in [6.45, 7) is 0.381. The van der Waals surface area contributed by atoms with Gasteiger partial charge in [0.1, 0.15) is 76.4 Å². The van der Waals surface area contributed by atoms with Crippen molar-refractivity contribution in [3.63, 3.8) is 0 Å². The van der Waals surface area contributed by atoms with E-state index in [1.165, 1.54) is 21.9 Å². The van der Waals surface area contributed by atoms with Gasteiger partial charge in [-0.25, -0.2) is 4.99 Å². The highest BCUT2D eigenvalue weighted by molar-refractivity contribution is 6.93. The van der Waals surface area contributed by atoms with Crippen LogP contribution in [0.1, 0.15) is 56.7 Å². The van der Waals surface area contributed by atoms with Crippen LogP contribution in [0.5, 0.6) is 40.2 Å². The number of amidine groups is 1. The Bertz CT molecular complexity index is 3250. The molecule has 1 fully saturated rings. The van der Waals surface area contributed by atoms with E-state index >= 15 is 0 Å². The second kappa shape index (κ2) is 14.9. The molecule has 0 saturated carbocycles. The summed E-state index contributed by atoms with van der Waals surface area (Å²) in [5.41, 5.74) is 9.35. The molecular weight excluding hydrogens is 855 g/mol. The second-order valence-corrected chi connectivity index (χ2v) is 20.7. The standard InChI is InChI=1S/C57H48B3N3O6/c1-4-22-40-34(16-1)58-37-19-7-13-31(52(37)67-46-28-10-25-43(64-40)49(46)58)55-61-56(32-14-8-20-38-53(32)68-47-29-11-26-44-50(47)59(38)35-17-2-5-23-41(35)65-44)63-57(62-55)33-15-9-21-39-54(33)69-48-30-12-27-45-51(48)60(39)36-18-3-6-24-42(36)66-45/h1-5,7,9-11,14-19,21-23,25-29,31,36-37,42,48,51-52,56-57,63H,6,8,12-13,20,24,30H2,(H,61,62). The number of fused-ring (bicyclic) bond motifs is 11. The quantitative estimate of drug-likeness (QED) is 0.141. The lowest BCUT2D eigenvalue weighted by molar-refractivity contribution is 0.0553. The van der Waals surface area contributed by atoms with E-state index in [9.17, 15) is 0 Å². The Balaban J connectivity index is 0.839. The summed E-state index contributed by atoms with van der Waals surface area (Å²) in [6, 6.07) is 36.3. The smallest absolute Gasteiger partial charge is 0.256 e. The molecule has 336 valence electrons. The Labute approximate surface area is 402 Å². The number of ether oxygens (including phenoxy) is 6. The third-order valence-electron chi connectivity index (χ3n) is 17.2. The van der Waals surface area contributed by atoms with Gasteiger partial charge in [-0.1, -0.05) is 97.1 Å². The lowest BCUT2D eigenvalue weighted by Crippen LogP contribution is -2.62. The molecule has 2 N–H and O–H groups in total. The molecule has 1 saturated heterocycles. The van der Waals surface area contributed by atoms with Crippen molar-refractivity contribution in [3.8, 4) is 40.2 Å². The Morgan fingerprint density at radius 2 is 1.35 bits per heavy atom. The minimum absolute atomic E-state index is 0.0300. The highest BCUT2D eigenvalue weighted by Crippen LogP contribution is 2.53. The monoisotopic (exact) mass is 903 g/mol. The summed E-state index contributed by atoms with van der Waals surface area (Å²) in [6.07, 6.45) is 20.1. The van der Waals surface area contributed by atoms with Gasteiger partial charge in [0.05, 0.1) is 17.8 Å². The summed E-state index contributed by atoms with van der Waals surface area (Å²) in [7, 11) is 0. The zero-order chi connectivity index (χ0) is 44.9. The van der Waals surface area contributed by atoms with E-state index < -0.39 is 6.17 Å². The molecule has 69 heavy (non-hydrogen) atoms. The highest BCUT2D eigenvalue weighted by Gasteiger charge is 2.56. The molecule has 5 aromatic rings. The predicted octanol–water partition coefficient (Wildman–Crippen LogP) is 7.68. The van der Waals surface area contributed by atoms with Crippen molar-refractivity contribution < 1.29 is 28.4 Å². The zero-order valence-electron chi connectivity index (χ0n) is 38.1. The molecule has 9 unspecified atom stereocenters. The fourth-order valence-electron chi connectivity index (χ4n) is 14.4. The van der Waals surface area contributed by atoms with Gasteiger partial charge < -0.3 is 33.7 Å². The van der Waals surface area contributed by atoms with Crippen molar-refractivity contribution in [2.75, 3.05) is 0 Å². The SMILES string of the molecule is C1=CC2B3c4cccc(C5N=C(C6CC=CC7B8c9ccccc9Oc9cccc(c98)OC76)NC(C6=CCCC7=C6Oc6cccc8c6B7c6ccccc6O8)N5)c4OC4CCC=C(OC2CC1)C34. The molecular formula is C57H48B3N3O6. The van der Waals surface area contributed by atoms with Crippen LogP contribution in [0.4, 0.5) is 0 Å². The number of allylic oxidation sites excluding steroid dienone is 5. The van der Waals surface area contributed by atoms with Crippen molar-refractivity contribution in [1.82, 2.24) is 10.6 Å². The van der Waals surface area contributed by atoms with Gasteiger partial charge in [-0.15, -0.1) is 0 Å². The number of rotatable bonds is 3. The summed E-state index contributed by atoms with van der Waals surface area (Å²) in [5, 5.41) is 8.18. The van der Waals surface area contributed by atoms with Crippen LogP contribution in [0, 0.1) is 5.92 Å². The number of nitrogens with zero attached hydrogens (tertiary/aromatic N) is 1. The normalized spacial score (nSPS) is 29.7. The molecule has 5 aromatic carbocycles. The van der Waals surface area contributed by atoms with E-state index in [1.54, 1.807) is 0 Å². The summed E-state index contributed by atoms with van der Waals surface area (Å²) < 4.78 is 41.6. The van der Waals surface area contributed by atoms with Crippen molar-refractivity contribution >= 4 is 53.3 Å². The molecule has 0 aromatic heterocycles. The minimum atomic E-state index is -0.428. The van der Waals surface area contributed by atoms with E-state index in [0.717, 1.165) is 125 Å². The van der Waals surface area contributed by atoms with Gasteiger partial charge in [-0.05, 0) is 115 Å². The maximum Gasteiger partial charge on any atom is 0.256 e. The number of para-hydroxylation sites is 3. The Morgan fingerprint density at radius 1 is 0.609 bits per heavy atom. The van der Waals surface area contributed by atoms with Crippen LogP contribution >= 0.6 is 0 Å². The van der Waals surface area contributed by atoms with Gasteiger partial charge in [0.25, 0.3) is 6.71 Å². The van der Waals surface area contributed by atoms with Crippen LogP contribution in [0.15, 0.2) is 167 Å². The minimum Gasteiger partial charge on any atom is -0.495 e. The molecule has 9 atom stereocenters. The average molecular weight is 903 g/mol. The van der Waals surface area contributed by atoms with Gasteiger partial charge in [0.2, 0.25) is 13.4 Å². The topological polar surface area (TPSA) is 91.8 Å². The average Bonchev–Trinajstić information content (AvgIpc) is 3.40. The fourth-order valence-corrected chi connectivity index (χ4v) is 14.4. The lowest BCUT2D eigenvalue weighted by Gasteiger charge is -2.50. The van der Waals surface area contributed by atoms with E-state index in [0.29, 0.717) is 5.82 Å². The van der Waals surface area contributed by atoms with E-state index in [-0.39, 0.29) is 62.2 Å². The summed E-state index contributed by atoms with van der Waals surface area (Å²) in [5.74, 6) is 9.76. The van der Waals surface area contributed by atoms with Gasteiger partial charge in [-0.2, -0.15) is 0 Å². The molecule has 0 bridgehead atoms. The van der Waals surface area contributed by atoms with Crippen LogP contribution in [-0.4, -0.2) is 50.5 Å². The molecule has 16 rings (SSSR count). The zero-order valence-corrected chi connectivity index (χ0v) is 38.1. The Morgan fingerprint density at radius 3 is 2.25 bits per heavy atom. The maximum absolute atomic E-state index is 7.32. The van der Waals surface area contributed by atoms with Gasteiger partial charge in [0.15, 0.2) is 0 Å². The first-order valence-electron chi connectivity index (χ1n) is 25.4. The van der Waals surface area contributed by atoms with Crippen molar-refractivity contribution in [2.45, 2.75) is 93.0 Å². The second-order valence-electron chi connectivity index (χ2n) is 20.7. The first-order valence-corrected chi connectivity index (χ1v) is 25.4. The first-order chi connectivity index (χ1) is 34.2. The summed E-state index contributed by atoms with van der Waals surface area (Å²) >= 11 is 0. The molecule has 7 heterocycles. The molecule has 0 radical (unpaired) electrons. The van der Waals surface area contributed by atoms with Crippen LogP contribution in [-0.2, 0) is 4.74 Å². The fraction of sp³-hybridized carbons (Fsp3) is 0.281. The first kappa shape index (κ1) is 39.1. The number of aliphatic imine (C=N–C) groups is 1. The predicted molar refractivity (Wildman–Crippen MR) is 271 cm³/mol. The van der Waals surface area contributed by atoms with Crippen LogP contribution in [0.3, 0.4) is 0 Å². The van der Waals surface area contributed by atoms with Crippen LogP contribution in [0.2, 0.25) is 17.5 Å². The summed E-state index contributed by atoms with van der Waals surface area (Å²) in [4.78, 5) is 5.81. The van der Waals surface area contributed by atoms with Crippen LogP contribution in [0.25, 0.3) is 0 Å². The number of hydrogen-bond acceptors (Lipinski definition) is 9. The lowest BCUT2D eigenvalue weighted by atomic mass is 9.26. The molecule has 0 spiro atoms. The highest BCUT2D eigenvalue weighted by atomic mass is 16.5. The molecule has 4 aliphatic carbocycles. The molecule has 11 aliphatic rings.